The first-order valence-electron chi connectivity index (χ1n) is 5.05. The lowest BCUT2D eigenvalue weighted by atomic mass is 10.0. The minimum atomic E-state index is 0.124. The summed E-state index contributed by atoms with van der Waals surface area (Å²) in [6.45, 7) is 6.71. The summed E-state index contributed by atoms with van der Waals surface area (Å²) in [5, 5.41) is 3.48. The molecule has 1 fully saturated rings. The maximum Gasteiger partial charge on any atom is 0.120 e. The van der Waals surface area contributed by atoms with Crippen LogP contribution in [-0.2, 0) is 11.3 Å². The third-order valence-electron chi connectivity index (χ3n) is 2.86. The molecular weight excluding hydrogens is 178 g/mol. The van der Waals surface area contributed by atoms with Crippen molar-refractivity contribution in [2.45, 2.75) is 32.4 Å². The predicted molar refractivity (Wildman–Crippen MR) is 54.1 cm³/mol. The van der Waals surface area contributed by atoms with Gasteiger partial charge < -0.3 is 14.5 Å². The minimum Gasteiger partial charge on any atom is -0.468 e. The molecule has 1 aromatic heterocycles. The molecule has 3 heteroatoms. The van der Waals surface area contributed by atoms with Crippen molar-refractivity contribution < 1.29 is 9.15 Å². The van der Waals surface area contributed by atoms with E-state index < -0.39 is 0 Å². The van der Waals surface area contributed by atoms with Gasteiger partial charge in [0.15, 0.2) is 0 Å². The van der Waals surface area contributed by atoms with E-state index in [-0.39, 0.29) is 5.54 Å². The van der Waals surface area contributed by atoms with E-state index in [1.54, 1.807) is 6.26 Å². The number of aryl methyl sites for hydroxylation is 1. The van der Waals surface area contributed by atoms with Gasteiger partial charge in [-0.1, -0.05) is 0 Å². The lowest BCUT2D eigenvalue weighted by molar-refractivity contribution is 0.170. The van der Waals surface area contributed by atoms with E-state index in [0.717, 1.165) is 31.9 Å². The fourth-order valence-corrected chi connectivity index (χ4v) is 1.69. The molecular formula is C11H17NO2. The maximum absolute atomic E-state index is 5.37. The van der Waals surface area contributed by atoms with E-state index in [2.05, 4.69) is 19.2 Å². The predicted octanol–water partition coefficient (Wildman–Crippen LogP) is 1.86. The molecule has 2 heterocycles. The Morgan fingerprint density at radius 2 is 2.43 bits per heavy atom. The average Bonchev–Trinajstić information content (AvgIpc) is 2.73. The highest BCUT2D eigenvalue weighted by molar-refractivity contribution is 5.14. The summed E-state index contributed by atoms with van der Waals surface area (Å²) in [6.07, 6.45) is 2.81. The van der Waals surface area contributed by atoms with E-state index in [1.807, 2.05) is 6.07 Å². The minimum absolute atomic E-state index is 0.124. The Balaban J connectivity index is 1.91. The van der Waals surface area contributed by atoms with Gasteiger partial charge >= 0.3 is 0 Å². The van der Waals surface area contributed by atoms with Crippen molar-refractivity contribution in [1.29, 1.82) is 0 Å². The Bertz CT molecular complexity index is 300. The van der Waals surface area contributed by atoms with Gasteiger partial charge in [0.05, 0.1) is 19.4 Å². The van der Waals surface area contributed by atoms with Crippen LogP contribution in [0, 0.1) is 6.92 Å². The molecule has 1 aliphatic rings. The van der Waals surface area contributed by atoms with Crippen LogP contribution in [0.25, 0.3) is 0 Å². The smallest absolute Gasteiger partial charge is 0.120 e. The van der Waals surface area contributed by atoms with E-state index in [1.165, 1.54) is 5.56 Å². The molecule has 14 heavy (non-hydrogen) atoms. The van der Waals surface area contributed by atoms with Crippen molar-refractivity contribution in [3.8, 4) is 0 Å². The van der Waals surface area contributed by atoms with Crippen LogP contribution in [0.15, 0.2) is 16.7 Å². The van der Waals surface area contributed by atoms with Gasteiger partial charge in [0.2, 0.25) is 0 Å². The summed E-state index contributed by atoms with van der Waals surface area (Å²) in [5.74, 6) is 1.03. The first-order chi connectivity index (χ1) is 6.70. The van der Waals surface area contributed by atoms with Crippen molar-refractivity contribution in [1.82, 2.24) is 5.32 Å². The molecule has 0 bridgehead atoms. The van der Waals surface area contributed by atoms with Gasteiger partial charge in [0, 0.05) is 12.1 Å². The number of ether oxygens (including phenoxy) is 1. The van der Waals surface area contributed by atoms with Crippen LogP contribution in [0.2, 0.25) is 0 Å². The van der Waals surface area contributed by atoms with E-state index in [0.29, 0.717) is 0 Å². The normalized spacial score (nSPS) is 27.0. The first kappa shape index (κ1) is 9.74. The van der Waals surface area contributed by atoms with Gasteiger partial charge in [-0.05, 0) is 31.9 Å². The Morgan fingerprint density at radius 3 is 3.00 bits per heavy atom. The van der Waals surface area contributed by atoms with Gasteiger partial charge in [-0.25, -0.2) is 0 Å². The zero-order valence-corrected chi connectivity index (χ0v) is 8.80. The second-order valence-electron chi connectivity index (χ2n) is 4.24. The van der Waals surface area contributed by atoms with Gasteiger partial charge in [-0.2, -0.15) is 0 Å². The largest absolute Gasteiger partial charge is 0.468 e. The lowest BCUT2D eigenvalue weighted by Gasteiger charge is -2.22. The van der Waals surface area contributed by atoms with Crippen molar-refractivity contribution in [2.24, 2.45) is 0 Å². The second kappa shape index (κ2) is 3.75. The summed E-state index contributed by atoms with van der Waals surface area (Å²) < 4.78 is 10.7. The number of hydrogen-bond acceptors (Lipinski definition) is 3. The van der Waals surface area contributed by atoms with Crippen molar-refractivity contribution >= 4 is 0 Å². The molecule has 78 valence electrons. The molecule has 1 saturated heterocycles. The number of furan rings is 1. The van der Waals surface area contributed by atoms with Crippen LogP contribution in [0.5, 0.6) is 0 Å². The summed E-state index contributed by atoms with van der Waals surface area (Å²) >= 11 is 0. The van der Waals surface area contributed by atoms with Gasteiger partial charge in [-0.15, -0.1) is 0 Å². The third-order valence-corrected chi connectivity index (χ3v) is 2.86. The molecule has 1 aromatic rings. The summed E-state index contributed by atoms with van der Waals surface area (Å²) in [7, 11) is 0. The molecule has 1 atom stereocenters. The van der Waals surface area contributed by atoms with Crippen LogP contribution < -0.4 is 5.32 Å². The highest BCUT2D eigenvalue weighted by Crippen LogP contribution is 2.19. The van der Waals surface area contributed by atoms with Crippen LogP contribution in [0.1, 0.15) is 24.7 Å². The SMILES string of the molecule is Cc1ccoc1CNC1(C)CCOC1. The van der Waals surface area contributed by atoms with Gasteiger partial charge in [-0.3, -0.25) is 0 Å². The second-order valence-corrected chi connectivity index (χ2v) is 4.24. The Hall–Kier alpha value is -0.800. The molecule has 0 aliphatic carbocycles. The van der Waals surface area contributed by atoms with Crippen LogP contribution in [-0.4, -0.2) is 18.8 Å². The molecule has 0 saturated carbocycles. The van der Waals surface area contributed by atoms with Gasteiger partial charge in [0.1, 0.15) is 5.76 Å². The monoisotopic (exact) mass is 195 g/mol. The Labute approximate surface area is 84.4 Å². The zero-order valence-electron chi connectivity index (χ0n) is 8.80. The highest BCUT2D eigenvalue weighted by atomic mass is 16.5. The first-order valence-corrected chi connectivity index (χ1v) is 5.05. The van der Waals surface area contributed by atoms with E-state index in [4.69, 9.17) is 9.15 Å². The van der Waals surface area contributed by atoms with Crippen LogP contribution >= 0.6 is 0 Å². The Kier molecular flexibility index (Phi) is 2.61. The molecule has 0 spiro atoms. The molecule has 0 radical (unpaired) electrons. The third kappa shape index (κ3) is 1.99. The fourth-order valence-electron chi connectivity index (χ4n) is 1.69. The molecule has 1 aliphatic heterocycles. The Morgan fingerprint density at radius 1 is 1.57 bits per heavy atom. The topological polar surface area (TPSA) is 34.4 Å². The summed E-state index contributed by atoms with van der Waals surface area (Å²) in [6, 6.07) is 1.99. The highest BCUT2D eigenvalue weighted by Gasteiger charge is 2.29. The summed E-state index contributed by atoms with van der Waals surface area (Å²) in [4.78, 5) is 0. The molecule has 1 N–H and O–H groups in total. The standard InChI is InChI=1S/C11H17NO2/c1-9-3-5-14-10(9)7-12-11(2)4-6-13-8-11/h3,5,12H,4,6-8H2,1-2H3. The van der Waals surface area contributed by atoms with E-state index in [9.17, 15) is 0 Å². The molecule has 0 amide bonds. The molecule has 3 nitrogen and oxygen atoms in total. The van der Waals surface area contributed by atoms with Crippen molar-refractivity contribution in [3.05, 3.63) is 23.7 Å². The number of rotatable bonds is 3. The lowest BCUT2D eigenvalue weighted by Crippen LogP contribution is -2.42. The van der Waals surface area contributed by atoms with Crippen molar-refractivity contribution in [2.75, 3.05) is 13.2 Å². The maximum atomic E-state index is 5.37. The van der Waals surface area contributed by atoms with Gasteiger partial charge in [0.25, 0.3) is 0 Å². The molecule has 2 rings (SSSR count). The quantitative estimate of drug-likeness (QED) is 0.799. The van der Waals surface area contributed by atoms with Crippen molar-refractivity contribution in [3.63, 3.8) is 0 Å². The molecule has 1 unspecified atom stereocenters. The fraction of sp³-hybridized carbons (Fsp3) is 0.636. The summed E-state index contributed by atoms with van der Waals surface area (Å²) in [5.41, 5.74) is 1.33. The van der Waals surface area contributed by atoms with E-state index >= 15 is 0 Å². The van der Waals surface area contributed by atoms with Crippen LogP contribution in [0.4, 0.5) is 0 Å². The zero-order chi connectivity index (χ0) is 10.0. The number of hydrogen-bond donors (Lipinski definition) is 1. The van der Waals surface area contributed by atoms with Crippen LogP contribution in [0.3, 0.4) is 0 Å². The average molecular weight is 195 g/mol. The number of nitrogens with one attached hydrogen (secondary N) is 1. The molecule has 0 aromatic carbocycles.